The predicted octanol–water partition coefficient (Wildman–Crippen LogP) is 4.83. The van der Waals surface area contributed by atoms with Crippen molar-refractivity contribution < 1.29 is 9.59 Å². The number of aromatic nitrogens is 1. The number of rotatable bonds is 2. The summed E-state index contributed by atoms with van der Waals surface area (Å²) in [6.07, 6.45) is 0.907. The summed E-state index contributed by atoms with van der Waals surface area (Å²) in [5.41, 5.74) is 0.604. The highest BCUT2D eigenvalue weighted by Crippen LogP contribution is 2.68. The molecule has 2 saturated carbocycles. The number of halogens is 1. The maximum Gasteiger partial charge on any atom is 0.305 e. The van der Waals surface area contributed by atoms with Crippen LogP contribution in [0.2, 0.25) is 5.02 Å². The highest BCUT2D eigenvalue weighted by molar-refractivity contribution is 8.00. The number of carbonyl (C=O) groups is 2. The van der Waals surface area contributed by atoms with Gasteiger partial charge in [-0.25, -0.2) is 0 Å². The Kier molecular flexibility index (Phi) is 4.18. The number of thiophene rings is 1. The molecule has 0 spiro atoms. The van der Waals surface area contributed by atoms with Crippen molar-refractivity contribution in [3.05, 3.63) is 66.2 Å². The number of benzene rings is 1. The molecule has 2 aliphatic carbocycles. The molecule has 3 fully saturated rings. The molecule has 7 atom stereocenters. The molecule has 2 bridgehead atoms. The van der Waals surface area contributed by atoms with Crippen molar-refractivity contribution in [2.75, 3.05) is 4.90 Å². The number of H-pyrrole nitrogens is 1. The summed E-state index contributed by atoms with van der Waals surface area (Å²) >= 11 is 10.8. The second-order valence-corrected chi connectivity index (χ2v) is 12.6. The number of carbonyl (C=O) groups excluding carboxylic acids is 2. The van der Waals surface area contributed by atoms with Gasteiger partial charge in [-0.2, -0.15) is 0 Å². The topological polar surface area (TPSA) is 70.2 Å². The van der Waals surface area contributed by atoms with Crippen molar-refractivity contribution in [1.29, 1.82) is 0 Å². The third-order valence-electron chi connectivity index (χ3n) is 7.66. The van der Waals surface area contributed by atoms with E-state index in [2.05, 4.69) is 16.4 Å². The first-order valence-corrected chi connectivity index (χ1v) is 13.5. The first-order valence-electron chi connectivity index (χ1n) is 10.6. The summed E-state index contributed by atoms with van der Waals surface area (Å²) < 4.78 is 0. The maximum atomic E-state index is 13.6. The normalized spacial score (nSPS) is 34.7. The number of anilines is 1. The van der Waals surface area contributed by atoms with Gasteiger partial charge in [-0.1, -0.05) is 29.0 Å². The van der Waals surface area contributed by atoms with Gasteiger partial charge in [0.15, 0.2) is 0 Å². The van der Waals surface area contributed by atoms with Crippen LogP contribution in [0.3, 0.4) is 0 Å². The molecule has 4 heterocycles. The van der Waals surface area contributed by atoms with E-state index in [0.717, 1.165) is 16.3 Å². The molecule has 3 aromatic rings. The summed E-state index contributed by atoms with van der Waals surface area (Å²) in [6.45, 7) is 0. The number of thiazole rings is 1. The van der Waals surface area contributed by atoms with E-state index in [1.54, 1.807) is 47.4 Å². The van der Waals surface area contributed by atoms with Gasteiger partial charge in [-0.15, -0.1) is 23.1 Å². The van der Waals surface area contributed by atoms with E-state index < -0.39 is 0 Å². The zero-order valence-electron chi connectivity index (χ0n) is 16.6. The standard InChI is InChI=1S/C23H17ClN2O3S3/c24-9-3-5-10(6-4-9)26-21(27)15-11-8-12(16(15)22(26)28)18-14(11)17(13-2-1-7-30-13)19-20(31-18)25-23(29)32-19/h1-7,11-12,14-18H,8H2,(H,25,29)/t11-,12-,14-,15+,16-,17-,18+/m1/s1. The molecule has 0 radical (unpaired) electrons. The van der Waals surface area contributed by atoms with Gasteiger partial charge in [-0.3, -0.25) is 19.3 Å². The molecular weight excluding hydrogens is 484 g/mol. The first kappa shape index (κ1) is 19.6. The minimum atomic E-state index is -0.273. The fourth-order valence-electron chi connectivity index (χ4n) is 6.65. The summed E-state index contributed by atoms with van der Waals surface area (Å²) in [5.74, 6) is -0.0317. The quantitative estimate of drug-likeness (QED) is 0.512. The van der Waals surface area contributed by atoms with Crippen LogP contribution in [0.4, 0.5) is 5.69 Å². The van der Waals surface area contributed by atoms with Gasteiger partial charge in [-0.05, 0) is 59.9 Å². The van der Waals surface area contributed by atoms with Crippen molar-refractivity contribution in [3.63, 3.8) is 0 Å². The Labute approximate surface area is 200 Å². The molecule has 1 saturated heterocycles. The first-order chi connectivity index (χ1) is 15.5. The number of fused-ring (bicyclic) bond motifs is 9. The van der Waals surface area contributed by atoms with Gasteiger partial charge < -0.3 is 4.98 Å². The smallest absolute Gasteiger partial charge is 0.305 e. The Morgan fingerprint density at radius 3 is 2.47 bits per heavy atom. The molecule has 2 aromatic heterocycles. The number of hydrogen-bond donors (Lipinski definition) is 1. The molecule has 9 heteroatoms. The molecule has 4 aliphatic rings. The molecule has 162 valence electrons. The number of aromatic amines is 1. The zero-order valence-corrected chi connectivity index (χ0v) is 19.8. The summed E-state index contributed by atoms with van der Waals surface area (Å²) in [6, 6.07) is 11.1. The van der Waals surface area contributed by atoms with Crippen LogP contribution in [0.15, 0.2) is 51.6 Å². The Morgan fingerprint density at radius 2 is 1.75 bits per heavy atom. The summed E-state index contributed by atoms with van der Waals surface area (Å²) in [4.78, 5) is 46.1. The Morgan fingerprint density at radius 1 is 1.00 bits per heavy atom. The number of hydrogen-bond acceptors (Lipinski definition) is 6. The van der Waals surface area contributed by atoms with Gasteiger partial charge in [0.1, 0.15) is 0 Å². The fourth-order valence-corrected chi connectivity index (χ4v) is 10.6. The number of thioether (sulfide) groups is 1. The van der Waals surface area contributed by atoms with Crippen LogP contribution in [-0.2, 0) is 9.59 Å². The molecule has 2 amide bonds. The van der Waals surface area contributed by atoms with E-state index in [4.69, 9.17) is 11.6 Å². The van der Waals surface area contributed by atoms with Crippen LogP contribution in [0.25, 0.3) is 0 Å². The fraction of sp³-hybridized carbons (Fsp3) is 0.348. The van der Waals surface area contributed by atoms with Crippen LogP contribution in [0, 0.1) is 29.6 Å². The van der Waals surface area contributed by atoms with E-state index in [1.165, 1.54) is 21.1 Å². The third kappa shape index (κ3) is 2.49. The number of nitrogens with one attached hydrogen (secondary N) is 1. The summed E-state index contributed by atoms with van der Waals surface area (Å²) in [7, 11) is 0. The SMILES string of the molecule is O=C1[C@@H]2[C@H]3C[C@@H]([C@@H]2C(=O)N1c1ccc(Cl)cc1)[C@@H]1[C@@H](c2cccs2)c2sc(=O)[nH]c2S[C@@H]31. The van der Waals surface area contributed by atoms with Crippen molar-refractivity contribution in [1.82, 2.24) is 4.98 Å². The maximum absolute atomic E-state index is 13.6. The Hall–Kier alpha value is -1.87. The molecule has 1 aromatic carbocycles. The largest absolute Gasteiger partial charge is 0.307 e. The Bertz CT molecular complexity index is 1310. The molecule has 7 rings (SSSR count). The van der Waals surface area contributed by atoms with E-state index in [9.17, 15) is 14.4 Å². The monoisotopic (exact) mass is 500 g/mol. The van der Waals surface area contributed by atoms with Gasteiger partial charge in [0.05, 0.1) is 22.5 Å². The van der Waals surface area contributed by atoms with Gasteiger partial charge in [0, 0.05) is 25.9 Å². The minimum absolute atomic E-state index is 0.0300. The van der Waals surface area contributed by atoms with Crippen molar-refractivity contribution in [3.8, 4) is 0 Å². The van der Waals surface area contributed by atoms with Gasteiger partial charge in [0.25, 0.3) is 0 Å². The molecule has 1 N–H and O–H groups in total. The van der Waals surface area contributed by atoms with E-state index >= 15 is 0 Å². The molecule has 2 aliphatic heterocycles. The molecule has 32 heavy (non-hydrogen) atoms. The minimum Gasteiger partial charge on any atom is -0.307 e. The lowest BCUT2D eigenvalue weighted by molar-refractivity contribution is -0.123. The second kappa shape index (κ2) is 6.82. The second-order valence-electron chi connectivity index (χ2n) is 8.96. The zero-order chi connectivity index (χ0) is 21.7. The number of amides is 2. The lowest BCUT2D eigenvalue weighted by atomic mass is 9.69. The Balaban J connectivity index is 1.32. The average molecular weight is 501 g/mol. The van der Waals surface area contributed by atoms with Crippen LogP contribution >= 0.6 is 46.0 Å². The van der Waals surface area contributed by atoms with Crippen LogP contribution < -0.4 is 9.77 Å². The van der Waals surface area contributed by atoms with Gasteiger partial charge in [0.2, 0.25) is 11.8 Å². The summed E-state index contributed by atoms with van der Waals surface area (Å²) in [5, 5.41) is 3.83. The van der Waals surface area contributed by atoms with E-state index in [1.807, 2.05) is 6.07 Å². The van der Waals surface area contributed by atoms with Crippen molar-refractivity contribution >= 4 is 63.5 Å². The van der Waals surface area contributed by atoms with Crippen LogP contribution in [-0.4, -0.2) is 22.0 Å². The predicted molar refractivity (Wildman–Crippen MR) is 127 cm³/mol. The van der Waals surface area contributed by atoms with E-state index in [0.29, 0.717) is 10.7 Å². The lowest BCUT2D eigenvalue weighted by Gasteiger charge is -2.42. The number of imide groups is 1. The van der Waals surface area contributed by atoms with E-state index in [-0.39, 0.29) is 57.4 Å². The molecular formula is C23H17ClN2O3S3. The van der Waals surface area contributed by atoms with Crippen molar-refractivity contribution in [2.45, 2.75) is 22.6 Å². The highest BCUT2D eigenvalue weighted by atomic mass is 35.5. The number of nitrogens with zero attached hydrogens (tertiary/aromatic N) is 1. The van der Waals surface area contributed by atoms with Crippen LogP contribution in [0.5, 0.6) is 0 Å². The third-order valence-corrected chi connectivity index (χ3v) is 11.5. The lowest BCUT2D eigenvalue weighted by Crippen LogP contribution is -2.42. The molecule has 0 unspecified atom stereocenters. The highest BCUT2D eigenvalue weighted by Gasteiger charge is 2.69. The average Bonchev–Trinajstić information content (AvgIpc) is 3.57. The van der Waals surface area contributed by atoms with Crippen molar-refractivity contribution in [2.24, 2.45) is 29.6 Å². The van der Waals surface area contributed by atoms with Crippen LogP contribution in [0.1, 0.15) is 22.1 Å². The van der Waals surface area contributed by atoms with Gasteiger partial charge >= 0.3 is 4.87 Å². The molecule has 5 nitrogen and oxygen atoms in total.